The number of para-hydroxylation sites is 2. The minimum absolute atomic E-state index is 0. The summed E-state index contributed by atoms with van der Waals surface area (Å²) in [5, 5.41) is 3.17. The highest BCUT2D eigenvalue weighted by Gasteiger charge is 2.14. The van der Waals surface area contributed by atoms with Crippen molar-refractivity contribution in [2.24, 2.45) is 0 Å². The molecular formula is C17H22BrNO2. The Balaban J connectivity index is 0.00000220. The first-order valence-corrected chi connectivity index (χ1v) is 6.84. The van der Waals surface area contributed by atoms with E-state index in [1.807, 2.05) is 49.5 Å². The van der Waals surface area contributed by atoms with E-state index in [-0.39, 0.29) is 23.1 Å². The maximum absolute atomic E-state index is 6.16. The van der Waals surface area contributed by atoms with Crippen LogP contribution in [-0.2, 0) is 0 Å². The number of methoxy groups -OCH3 is 1. The molecule has 114 valence electrons. The lowest BCUT2D eigenvalue weighted by Gasteiger charge is -2.21. The van der Waals surface area contributed by atoms with Crippen LogP contribution in [0.15, 0.2) is 54.6 Å². The molecule has 3 nitrogen and oxygen atoms in total. The van der Waals surface area contributed by atoms with Crippen LogP contribution in [0.25, 0.3) is 0 Å². The van der Waals surface area contributed by atoms with Crippen LogP contribution in [-0.4, -0.2) is 20.7 Å². The van der Waals surface area contributed by atoms with Gasteiger partial charge in [0.05, 0.1) is 7.11 Å². The predicted molar refractivity (Wildman–Crippen MR) is 91.7 cm³/mol. The first kappa shape index (κ1) is 17.5. The lowest BCUT2D eigenvalue weighted by Crippen LogP contribution is -2.16. The summed E-state index contributed by atoms with van der Waals surface area (Å²) in [6.07, 6.45) is 0.915. The summed E-state index contributed by atoms with van der Waals surface area (Å²) in [5.74, 6) is 1.54. The van der Waals surface area contributed by atoms with E-state index in [0.717, 1.165) is 24.5 Å². The normalized spacial score (nSPS) is 11.3. The summed E-state index contributed by atoms with van der Waals surface area (Å²) in [5.41, 5.74) is 1.17. The zero-order valence-electron chi connectivity index (χ0n) is 12.4. The van der Waals surface area contributed by atoms with Gasteiger partial charge in [-0.05, 0) is 31.3 Å². The Morgan fingerprint density at radius 1 is 0.952 bits per heavy atom. The molecule has 2 aromatic carbocycles. The van der Waals surface area contributed by atoms with Gasteiger partial charge in [-0.3, -0.25) is 0 Å². The van der Waals surface area contributed by atoms with Gasteiger partial charge in [-0.2, -0.15) is 0 Å². The number of benzene rings is 2. The van der Waals surface area contributed by atoms with Gasteiger partial charge < -0.3 is 14.8 Å². The Morgan fingerprint density at radius 3 is 2.19 bits per heavy atom. The third-order valence-corrected chi connectivity index (χ3v) is 3.17. The van der Waals surface area contributed by atoms with E-state index in [0.29, 0.717) is 0 Å². The van der Waals surface area contributed by atoms with E-state index in [4.69, 9.17) is 9.47 Å². The van der Waals surface area contributed by atoms with Crippen LogP contribution in [0.3, 0.4) is 0 Å². The van der Waals surface area contributed by atoms with Crippen molar-refractivity contribution in [3.8, 4) is 11.5 Å². The van der Waals surface area contributed by atoms with Crippen LogP contribution in [0.5, 0.6) is 11.5 Å². The van der Waals surface area contributed by atoms with Gasteiger partial charge in [0, 0.05) is 6.42 Å². The van der Waals surface area contributed by atoms with E-state index in [1.54, 1.807) is 7.11 Å². The monoisotopic (exact) mass is 351 g/mol. The smallest absolute Gasteiger partial charge is 0.162 e. The summed E-state index contributed by atoms with van der Waals surface area (Å²) in [4.78, 5) is 0. The fourth-order valence-corrected chi connectivity index (χ4v) is 2.11. The Hall–Kier alpha value is -1.52. The van der Waals surface area contributed by atoms with Gasteiger partial charge in [-0.25, -0.2) is 0 Å². The molecule has 1 atom stereocenters. The SMILES string of the molecule is Br.CNCCC(Oc1ccccc1OC)c1ccccc1. The summed E-state index contributed by atoms with van der Waals surface area (Å²) in [6, 6.07) is 18.0. The molecule has 2 aromatic rings. The second-order valence-electron chi connectivity index (χ2n) is 4.56. The first-order chi connectivity index (χ1) is 9.85. The van der Waals surface area contributed by atoms with Crippen molar-refractivity contribution in [2.45, 2.75) is 12.5 Å². The second-order valence-corrected chi connectivity index (χ2v) is 4.56. The van der Waals surface area contributed by atoms with E-state index in [2.05, 4.69) is 17.4 Å². The molecule has 0 saturated carbocycles. The number of halogens is 1. The number of ether oxygens (including phenoxy) is 2. The Bertz CT molecular complexity index is 519. The van der Waals surface area contributed by atoms with Crippen LogP contribution in [0, 0.1) is 0 Å². The maximum atomic E-state index is 6.16. The minimum atomic E-state index is 0. The zero-order valence-corrected chi connectivity index (χ0v) is 14.1. The van der Waals surface area contributed by atoms with Crippen LogP contribution in [0.1, 0.15) is 18.1 Å². The molecule has 0 spiro atoms. The quantitative estimate of drug-likeness (QED) is 0.817. The van der Waals surface area contributed by atoms with Crippen molar-refractivity contribution in [3.63, 3.8) is 0 Å². The molecule has 21 heavy (non-hydrogen) atoms. The highest BCUT2D eigenvalue weighted by atomic mass is 79.9. The van der Waals surface area contributed by atoms with E-state index < -0.39 is 0 Å². The average Bonchev–Trinajstić information content (AvgIpc) is 2.52. The van der Waals surface area contributed by atoms with Gasteiger partial charge in [0.25, 0.3) is 0 Å². The number of rotatable bonds is 7. The maximum Gasteiger partial charge on any atom is 0.162 e. The Kier molecular flexibility index (Phi) is 7.87. The topological polar surface area (TPSA) is 30.5 Å². The fraction of sp³-hybridized carbons (Fsp3) is 0.294. The van der Waals surface area contributed by atoms with Gasteiger partial charge in [-0.15, -0.1) is 17.0 Å². The molecule has 0 aliphatic carbocycles. The third-order valence-electron chi connectivity index (χ3n) is 3.17. The Morgan fingerprint density at radius 2 is 1.57 bits per heavy atom. The third kappa shape index (κ3) is 5.06. The molecule has 0 aromatic heterocycles. The molecule has 0 amide bonds. The van der Waals surface area contributed by atoms with Crippen molar-refractivity contribution in [2.75, 3.05) is 20.7 Å². The average molecular weight is 352 g/mol. The largest absolute Gasteiger partial charge is 0.493 e. The highest BCUT2D eigenvalue weighted by Crippen LogP contribution is 2.31. The predicted octanol–water partition coefficient (Wildman–Crippen LogP) is 4.00. The van der Waals surface area contributed by atoms with Crippen molar-refractivity contribution in [1.29, 1.82) is 0 Å². The molecule has 0 saturated heterocycles. The van der Waals surface area contributed by atoms with E-state index in [9.17, 15) is 0 Å². The lowest BCUT2D eigenvalue weighted by atomic mass is 10.1. The molecule has 1 N–H and O–H groups in total. The molecule has 4 heteroatoms. The summed E-state index contributed by atoms with van der Waals surface area (Å²) < 4.78 is 11.5. The molecule has 0 fully saturated rings. The summed E-state index contributed by atoms with van der Waals surface area (Å²) in [6.45, 7) is 0.898. The van der Waals surface area contributed by atoms with Crippen LogP contribution < -0.4 is 14.8 Å². The molecule has 0 bridgehead atoms. The van der Waals surface area contributed by atoms with Crippen LogP contribution in [0.2, 0.25) is 0 Å². The standard InChI is InChI=1S/C17H21NO2.BrH/c1-18-13-12-15(14-8-4-3-5-9-14)20-17-11-7-6-10-16(17)19-2;/h3-11,15,18H,12-13H2,1-2H3;1H. The van der Waals surface area contributed by atoms with Gasteiger partial charge in [-0.1, -0.05) is 42.5 Å². The number of hydrogen-bond acceptors (Lipinski definition) is 3. The van der Waals surface area contributed by atoms with Crippen LogP contribution in [0.4, 0.5) is 0 Å². The van der Waals surface area contributed by atoms with Crippen LogP contribution >= 0.6 is 17.0 Å². The van der Waals surface area contributed by atoms with Crippen molar-refractivity contribution < 1.29 is 9.47 Å². The molecular weight excluding hydrogens is 330 g/mol. The van der Waals surface area contributed by atoms with Gasteiger partial charge in [0.2, 0.25) is 0 Å². The molecule has 0 aliphatic heterocycles. The first-order valence-electron chi connectivity index (χ1n) is 6.84. The lowest BCUT2D eigenvalue weighted by molar-refractivity contribution is 0.187. The number of hydrogen-bond donors (Lipinski definition) is 1. The van der Waals surface area contributed by atoms with Crippen molar-refractivity contribution in [3.05, 3.63) is 60.2 Å². The van der Waals surface area contributed by atoms with Gasteiger partial charge in [0.15, 0.2) is 11.5 Å². The molecule has 0 radical (unpaired) electrons. The molecule has 1 unspecified atom stereocenters. The second kappa shape index (κ2) is 9.42. The summed E-state index contributed by atoms with van der Waals surface area (Å²) in [7, 11) is 3.61. The highest BCUT2D eigenvalue weighted by molar-refractivity contribution is 8.93. The minimum Gasteiger partial charge on any atom is -0.493 e. The van der Waals surface area contributed by atoms with Gasteiger partial charge in [0.1, 0.15) is 6.10 Å². The fourth-order valence-electron chi connectivity index (χ4n) is 2.11. The zero-order chi connectivity index (χ0) is 14.2. The summed E-state index contributed by atoms with van der Waals surface area (Å²) >= 11 is 0. The van der Waals surface area contributed by atoms with E-state index >= 15 is 0 Å². The Labute approximate surface area is 137 Å². The van der Waals surface area contributed by atoms with Crippen molar-refractivity contribution in [1.82, 2.24) is 5.32 Å². The van der Waals surface area contributed by atoms with Gasteiger partial charge >= 0.3 is 0 Å². The molecule has 2 rings (SSSR count). The van der Waals surface area contributed by atoms with E-state index in [1.165, 1.54) is 5.56 Å². The molecule has 0 heterocycles. The molecule has 0 aliphatic rings. The number of nitrogens with one attached hydrogen (secondary N) is 1. The van der Waals surface area contributed by atoms with Crippen molar-refractivity contribution >= 4 is 17.0 Å².